The summed E-state index contributed by atoms with van der Waals surface area (Å²) in [4.78, 5) is 36.1. The van der Waals surface area contributed by atoms with Gasteiger partial charge >= 0.3 is 12.1 Å². The second-order valence-corrected chi connectivity index (χ2v) is 9.44. The number of nitrogens with zero attached hydrogens (tertiary/aromatic N) is 3. The molecule has 1 fully saturated rings. The van der Waals surface area contributed by atoms with Crippen molar-refractivity contribution in [2.24, 2.45) is 5.92 Å². The Morgan fingerprint density at radius 2 is 1.91 bits per heavy atom. The number of piperidine rings is 1. The summed E-state index contributed by atoms with van der Waals surface area (Å²) in [5.41, 5.74) is 5.62. The Balaban J connectivity index is 1.41. The van der Waals surface area contributed by atoms with E-state index < -0.39 is 6.09 Å². The molecule has 0 aliphatic carbocycles. The van der Waals surface area contributed by atoms with Crippen molar-refractivity contribution >= 4 is 29.1 Å². The molecule has 5 rings (SSSR count). The lowest BCUT2D eigenvalue weighted by Gasteiger charge is -2.34. The van der Waals surface area contributed by atoms with Crippen molar-refractivity contribution in [2.45, 2.75) is 33.2 Å². The van der Waals surface area contributed by atoms with E-state index in [0.717, 1.165) is 65.0 Å². The van der Waals surface area contributed by atoms with E-state index in [9.17, 15) is 9.59 Å². The minimum absolute atomic E-state index is 0.0981. The van der Waals surface area contributed by atoms with Crippen molar-refractivity contribution in [3.05, 3.63) is 41.5 Å². The minimum Gasteiger partial charge on any atom is -0.491 e. The van der Waals surface area contributed by atoms with E-state index in [2.05, 4.69) is 39.1 Å². The first kappa shape index (κ1) is 23.0. The number of anilines is 1. The average Bonchev–Trinajstić information content (AvgIpc) is 3.12. The standard InChI is InChI=1S/C26H31N5O4/c1-16-6-8-30(9-7-16)26(33)31-10-11-35-23-17(2)12-19(13-20(23)15-31)18-4-5-21-22(14-18)28-24(27-21)29-25(32)34-3/h4-5,12-14,16H,6-11,15H2,1-3H3,(H2,27,28,29,32). The number of H-pyrrole nitrogens is 1. The summed E-state index contributed by atoms with van der Waals surface area (Å²) in [6.45, 7) is 7.51. The molecule has 35 heavy (non-hydrogen) atoms. The molecule has 2 aliphatic heterocycles. The Morgan fingerprint density at radius 3 is 2.69 bits per heavy atom. The third-order valence-electron chi connectivity index (χ3n) is 6.87. The van der Waals surface area contributed by atoms with Crippen molar-refractivity contribution in [1.29, 1.82) is 0 Å². The molecule has 0 saturated carbocycles. The van der Waals surface area contributed by atoms with E-state index in [0.29, 0.717) is 31.6 Å². The van der Waals surface area contributed by atoms with Gasteiger partial charge in [-0.1, -0.05) is 13.0 Å². The van der Waals surface area contributed by atoms with E-state index in [1.165, 1.54) is 7.11 Å². The van der Waals surface area contributed by atoms with Gasteiger partial charge in [0.15, 0.2) is 0 Å². The van der Waals surface area contributed by atoms with Gasteiger partial charge in [0.1, 0.15) is 12.4 Å². The molecular formula is C26H31N5O4. The van der Waals surface area contributed by atoms with E-state index >= 15 is 0 Å². The van der Waals surface area contributed by atoms with Crippen LogP contribution in [0.2, 0.25) is 0 Å². The van der Waals surface area contributed by atoms with Crippen molar-refractivity contribution in [3.8, 4) is 16.9 Å². The predicted molar refractivity (Wildman–Crippen MR) is 134 cm³/mol. The second kappa shape index (κ2) is 9.48. The number of rotatable bonds is 2. The van der Waals surface area contributed by atoms with Crippen LogP contribution in [-0.2, 0) is 11.3 Å². The zero-order chi connectivity index (χ0) is 24.5. The van der Waals surface area contributed by atoms with Gasteiger partial charge in [0.05, 0.1) is 31.2 Å². The number of aryl methyl sites for hydroxylation is 1. The van der Waals surface area contributed by atoms with E-state index in [1.54, 1.807) is 0 Å². The number of hydrogen-bond donors (Lipinski definition) is 2. The molecule has 0 unspecified atom stereocenters. The molecule has 3 heterocycles. The molecule has 184 valence electrons. The molecule has 2 aromatic carbocycles. The SMILES string of the molecule is COC(=O)Nc1nc2ccc(-c3cc(C)c4c(c3)CN(C(=O)N3CCC(C)CC3)CCO4)cc2[nH]1. The molecule has 0 bridgehead atoms. The number of nitrogens with one attached hydrogen (secondary N) is 2. The molecule has 2 N–H and O–H groups in total. The highest BCUT2D eigenvalue weighted by atomic mass is 16.5. The Hall–Kier alpha value is -3.75. The van der Waals surface area contributed by atoms with Gasteiger partial charge in [-0.2, -0.15) is 0 Å². The number of imidazole rings is 1. The van der Waals surface area contributed by atoms with E-state index in [4.69, 9.17) is 4.74 Å². The number of fused-ring (bicyclic) bond motifs is 2. The number of benzene rings is 2. The van der Waals surface area contributed by atoms with Crippen LogP contribution in [-0.4, -0.2) is 65.2 Å². The summed E-state index contributed by atoms with van der Waals surface area (Å²) in [6, 6.07) is 10.2. The fraction of sp³-hybridized carbons (Fsp3) is 0.423. The van der Waals surface area contributed by atoms with Crippen LogP contribution in [0.25, 0.3) is 22.2 Å². The minimum atomic E-state index is -0.580. The highest BCUT2D eigenvalue weighted by molar-refractivity contribution is 5.88. The first-order chi connectivity index (χ1) is 16.9. The molecule has 2 aliphatic rings. The highest BCUT2D eigenvalue weighted by Gasteiger charge is 2.27. The van der Waals surface area contributed by atoms with Gasteiger partial charge in [0.25, 0.3) is 0 Å². The first-order valence-electron chi connectivity index (χ1n) is 12.1. The maximum atomic E-state index is 13.3. The van der Waals surface area contributed by atoms with Crippen molar-refractivity contribution < 1.29 is 19.1 Å². The van der Waals surface area contributed by atoms with Gasteiger partial charge in [-0.15, -0.1) is 0 Å². The van der Waals surface area contributed by atoms with Gasteiger partial charge in [0.2, 0.25) is 5.95 Å². The number of aromatic nitrogens is 2. The molecule has 3 amide bonds. The number of aromatic amines is 1. The molecule has 0 radical (unpaired) electrons. The lowest BCUT2D eigenvalue weighted by molar-refractivity contribution is 0.129. The lowest BCUT2D eigenvalue weighted by Crippen LogP contribution is -2.46. The van der Waals surface area contributed by atoms with Crippen LogP contribution in [0.1, 0.15) is 30.9 Å². The lowest BCUT2D eigenvalue weighted by atomic mass is 9.98. The van der Waals surface area contributed by atoms with Gasteiger partial charge < -0.3 is 24.3 Å². The van der Waals surface area contributed by atoms with Crippen LogP contribution in [0.4, 0.5) is 15.5 Å². The summed E-state index contributed by atoms with van der Waals surface area (Å²) >= 11 is 0. The molecule has 9 heteroatoms. The monoisotopic (exact) mass is 477 g/mol. The zero-order valence-corrected chi connectivity index (χ0v) is 20.4. The Morgan fingerprint density at radius 1 is 1.11 bits per heavy atom. The summed E-state index contributed by atoms with van der Waals surface area (Å²) in [5.74, 6) is 1.87. The summed E-state index contributed by atoms with van der Waals surface area (Å²) in [5, 5.41) is 2.56. The third-order valence-corrected chi connectivity index (χ3v) is 6.87. The summed E-state index contributed by atoms with van der Waals surface area (Å²) in [6.07, 6.45) is 1.54. The largest absolute Gasteiger partial charge is 0.491 e. The Bertz CT molecular complexity index is 1260. The fourth-order valence-electron chi connectivity index (χ4n) is 4.84. The molecular weight excluding hydrogens is 446 g/mol. The number of amides is 3. The van der Waals surface area contributed by atoms with Crippen molar-refractivity contribution in [1.82, 2.24) is 19.8 Å². The molecule has 3 aromatic rings. The third kappa shape index (κ3) is 4.76. The fourth-order valence-corrected chi connectivity index (χ4v) is 4.84. The molecule has 0 atom stereocenters. The van der Waals surface area contributed by atoms with Crippen molar-refractivity contribution in [3.63, 3.8) is 0 Å². The second-order valence-electron chi connectivity index (χ2n) is 9.44. The zero-order valence-electron chi connectivity index (χ0n) is 20.4. The Kier molecular flexibility index (Phi) is 6.23. The number of likely N-dealkylation sites (tertiary alicyclic amines) is 1. The molecule has 1 aromatic heterocycles. The van der Waals surface area contributed by atoms with Crippen LogP contribution in [0.3, 0.4) is 0 Å². The maximum absolute atomic E-state index is 13.3. The molecule has 9 nitrogen and oxygen atoms in total. The van der Waals surface area contributed by atoms with E-state index in [-0.39, 0.29) is 6.03 Å². The van der Waals surface area contributed by atoms with Crippen LogP contribution in [0, 0.1) is 12.8 Å². The predicted octanol–water partition coefficient (Wildman–Crippen LogP) is 4.76. The number of carbonyl (C=O) groups excluding carboxylic acids is 2. The summed E-state index contributed by atoms with van der Waals surface area (Å²) < 4.78 is 10.7. The first-order valence-corrected chi connectivity index (χ1v) is 12.1. The number of methoxy groups -OCH3 is 1. The maximum Gasteiger partial charge on any atom is 0.413 e. The van der Waals surface area contributed by atoms with Crippen LogP contribution in [0.15, 0.2) is 30.3 Å². The average molecular weight is 478 g/mol. The van der Waals surface area contributed by atoms with Gasteiger partial charge in [-0.3, -0.25) is 5.32 Å². The normalized spacial score (nSPS) is 16.4. The number of carbonyl (C=O) groups is 2. The number of ether oxygens (including phenoxy) is 2. The number of hydrogen-bond acceptors (Lipinski definition) is 5. The van der Waals surface area contributed by atoms with Crippen molar-refractivity contribution in [2.75, 3.05) is 38.7 Å². The van der Waals surface area contributed by atoms with Crippen LogP contribution in [0.5, 0.6) is 5.75 Å². The topological polar surface area (TPSA) is 99.8 Å². The molecule has 1 saturated heterocycles. The Labute approximate surface area is 204 Å². The smallest absolute Gasteiger partial charge is 0.413 e. The van der Waals surface area contributed by atoms with Gasteiger partial charge in [0, 0.05) is 18.7 Å². The number of urea groups is 1. The van der Waals surface area contributed by atoms with Crippen LogP contribution >= 0.6 is 0 Å². The van der Waals surface area contributed by atoms with Crippen LogP contribution < -0.4 is 10.1 Å². The quantitative estimate of drug-likeness (QED) is 0.554. The highest BCUT2D eigenvalue weighted by Crippen LogP contribution is 2.34. The summed E-state index contributed by atoms with van der Waals surface area (Å²) in [7, 11) is 1.31. The molecule has 0 spiro atoms. The van der Waals surface area contributed by atoms with Gasteiger partial charge in [-0.05, 0) is 66.6 Å². The van der Waals surface area contributed by atoms with E-state index in [1.807, 2.05) is 34.9 Å². The van der Waals surface area contributed by atoms with Gasteiger partial charge in [-0.25, -0.2) is 14.6 Å².